The summed E-state index contributed by atoms with van der Waals surface area (Å²) < 4.78 is 6.66. The smallest absolute Gasteiger partial charge is 0.120 e. The molecule has 0 aromatic heterocycles. The van der Waals surface area contributed by atoms with Crippen LogP contribution < -0.4 is 5.73 Å². The molecule has 0 bridgehead atoms. The van der Waals surface area contributed by atoms with E-state index in [2.05, 4.69) is 97.9 Å². The molecule has 1 unspecified atom stereocenters. The predicted molar refractivity (Wildman–Crippen MR) is 132 cm³/mol. The van der Waals surface area contributed by atoms with Gasteiger partial charge < -0.3 is 10.5 Å². The second-order valence-corrected chi connectivity index (χ2v) is 8.84. The number of rotatable bonds is 10. The van der Waals surface area contributed by atoms with Crippen LogP contribution in [-0.2, 0) is 16.8 Å². The topological polar surface area (TPSA) is 35.2 Å². The van der Waals surface area contributed by atoms with Gasteiger partial charge in [-0.15, -0.1) is 12.4 Å². The Bertz CT molecular complexity index is 872. The van der Waals surface area contributed by atoms with E-state index in [1.165, 1.54) is 29.5 Å². The lowest BCUT2D eigenvalue weighted by molar-refractivity contribution is -0.0349. The number of benzene rings is 3. The van der Waals surface area contributed by atoms with Crippen LogP contribution in [0.3, 0.4) is 0 Å². The molecule has 0 amide bonds. The second-order valence-electron chi connectivity index (χ2n) is 8.84. The molecule has 3 aromatic carbocycles. The van der Waals surface area contributed by atoms with Crippen molar-refractivity contribution in [3.05, 3.63) is 108 Å². The van der Waals surface area contributed by atoms with Gasteiger partial charge in [0.1, 0.15) is 5.60 Å². The maximum absolute atomic E-state index is 7.28. The lowest BCUT2D eigenvalue weighted by atomic mass is 9.72. The molecule has 4 rings (SSSR count). The normalized spacial score (nSPS) is 15.7. The van der Waals surface area contributed by atoms with Gasteiger partial charge in [0, 0.05) is 18.6 Å². The first-order valence-corrected chi connectivity index (χ1v) is 11.2. The fourth-order valence-electron chi connectivity index (χ4n) is 4.85. The molecule has 0 saturated heterocycles. The van der Waals surface area contributed by atoms with Gasteiger partial charge in [-0.3, -0.25) is 0 Å². The minimum Gasteiger partial charge on any atom is -0.366 e. The van der Waals surface area contributed by atoms with E-state index >= 15 is 0 Å². The highest BCUT2D eigenvalue weighted by Crippen LogP contribution is 2.45. The van der Waals surface area contributed by atoms with E-state index in [0.29, 0.717) is 6.61 Å². The highest BCUT2D eigenvalue weighted by atomic mass is 35.5. The van der Waals surface area contributed by atoms with Gasteiger partial charge >= 0.3 is 0 Å². The number of halogens is 1. The minimum atomic E-state index is -0.560. The Morgan fingerprint density at radius 2 is 1.29 bits per heavy atom. The summed E-state index contributed by atoms with van der Waals surface area (Å²) in [7, 11) is 0. The number of hydrogen-bond acceptors (Lipinski definition) is 2. The molecule has 1 fully saturated rings. The highest BCUT2D eigenvalue weighted by Gasteiger charge is 2.44. The molecule has 0 heterocycles. The van der Waals surface area contributed by atoms with Crippen molar-refractivity contribution >= 4 is 12.4 Å². The molecule has 0 aliphatic heterocycles. The van der Waals surface area contributed by atoms with Crippen molar-refractivity contribution in [1.29, 1.82) is 0 Å². The summed E-state index contributed by atoms with van der Waals surface area (Å²) in [5.41, 5.74) is 10.0. The van der Waals surface area contributed by atoms with Crippen molar-refractivity contribution in [3.8, 4) is 0 Å². The average Bonchev–Trinajstić information content (AvgIpc) is 3.59. The zero-order valence-electron chi connectivity index (χ0n) is 18.4. The Morgan fingerprint density at radius 1 is 0.806 bits per heavy atom. The third-order valence-electron chi connectivity index (χ3n) is 6.26. The molecular weight excluding hydrogens is 402 g/mol. The van der Waals surface area contributed by atoms with Crippen molar-refractivity contribution in [1.82, 2.24) is 0 Å². The Hall–Kier alpha value is -2.13. The first kappa shape index (κ1) is 23.5. The molecule has 3 aromatic rings. The Kier molecular flexibility index (Phi) is 7.94. The van der Waals surface area contributed by atoms with Gasteiger partial charge in [-0.05, 0) is 42.4 Å². The van der Waals surface area contributed by atoms with E-state index in [9.17, 15) is 0 Å². The van der Waals surface area contributed by atoms with Crippen LogP contribution in [0.2, 0.25) is 0 Å². The molecule has 0 radical (unpaired) electrons. The largest absolute Gasteiger partial charge is 0.366 e. The van der Waals surface area contributed by atoms with Crippen molar-refractivity contribution in [2.75, 3.05) is 6.61 Å². The summed E-state index contributed by atoms with van der Waals surface area (Å²) in [5, 5.41) is 0. The minimum absolute atomic E-state index is 0. The first-order chi connectivity index (χ1) is 14.6. The molecule has 3 heteroatoms. The molecular formula is C28H34ClNO. The molecule has 1 aliphatic rings. The van der Waals surface area contributed by atoms with E-state index in [4.69, 9.17) is 10.5 Å². The molecule has 31 heavy (non-hydrogen) atoms. The molecule has 2 N–H and O–H groups in total. The lowest BCUT2D eigenvalue weighted by Crippen LogP contribution is -2.50. The standard InChI is InChI=1S/C28H33NO.ClH/c1-2-30-28(25-14-8-4-9-15-25,26-16-10-5-11-17-26)22-27(29,21-24-18-19-24)20-23-12-6-3-7-13-23;/h3-17,24H,2,18-22,29H2,1H3;1H. The van der Waals surface area contributed by atoms with Crippen LogP contribution in [-0.4, -0.2) is 12.1 Å². The van der Waals surface area contributed by atoms with E-state index in [0.717, 1.165) is 25.2 Å². The highest BCUT2D eigenvalue weighted by molar-refractivity contribution is 5.85. The maximum Gasteiger partial charge on any atom is 0.120 e. The summed E-state index contributed by atoms with van der Waals surface area (Å²) in [4.78, 5) is 0. The van der Waals surface area contributed by atoms with Gasteiger partial charge in [0.25, 0.3) is 0 Å². The van der Waals surface area contributed by atoms with Crippen LogP contribution in [0.4, 0.5) is 0 Å². The second kappa shape index (κ2) is 10.5. The van der Waals surface area contributed by atoms with Gasteiger partial charge in [-0.2, -0.15) is 0 Å². The monoisotopic (exact) mass is 435 g/mol. The summed E-state index contributed by atoms with van der Waals surface area (Å²) >= 11 is 0. The number of nitrogens with two attached hydrogens (primary N) is 1. The van der Waals surface area contributed by atoms with Crippen molar-refractivity contribution in [3.63, 3.8) is 0 Å². The summed E-state index contributed by atoms with van der Waals surface area (Å²) in [6, 6.07) is 31.9. The number of ether oxygens (including phenoxy) is 1. The fourth-order valence-corrected chi connectivity index (χ4v) is 4.85. The van der Waals surface area contributed by atoms with Crippen LogP contribution in [0, 0.1) is 5.92 Å². The predicted octanol–water partition coefficient (Wildman–Crippen LogP) is 6.52. The van der Waals surface area contributed by atoms with Crippen LogP contribution in [0.5, 0.6) is 0 Å². The summed E-state index contributed by atoms with van der Waals surface area (Å²) in [6.45, 7) is 2.71. The van der Waals surface area contributed by atoms with E-state index in [1.807, 2.05) is 0 Å². The molecule has 0 spiro atoms. The van der Waals surface area contributed by atoms with Gasteiger partial charge in [0.05, 0.1) is 0 Å². The molecule has 1 aliphatic carbocycles. The van der Waals surface area contributed by atoms with Crippen molar-refractivity contribution in [2.24, 2.45) is 11.7 Å². The summed E-state index contributed by atoms with van der Waals surface area (Å²) in [6.07, 6.45) is 5.25. The summed E-state index contributed by atoms with van der Waals surface area (Å²) in [5.74, 6) is 0.740. The Labute approximate surface area is 193 Å². The van der Waals surface area contributed by atoms with E-state index in [-0.39, 0.29) is 17.9 Å². The van der Waals surface area contributed by atoms with Crippen molar-refractivity contribution in [2.45, 2.75) is 50.2 Å². The maximum atomic E-state index is 7.28. The van der Waals surface area contributed by atoms with Gasteiger partial charge in [0.15, 0.2) is 0 Å². The van der Waals surface area contributed by atoms with E-state index in [1.54, 1.807) is 0 Å². The van der Waals surface area contributed by atoms with Gasteiger partial charge in [0.2, 0.25) is 0 Å². The quantitative estimate of drug-likeness (QED) is 0.393. The van der Waals surface area contributed by atoms with Crippen LogP contribution in [0.15, 0.2) is 91.0 Å². The third-order valence-corrected chi connectivity index (χ3v) is 6.26. The average molecular weight is 436 g/mol. The van der Waals surface area contributed by atoms with Crippen LogP contribution in [0.1, 0.15) is 49.3 Å². The molecule has 164 valence electrons. The zero-order valence-corrected chi connectivity index (χ0v) is 19.2. The lowest BCUT2D eigenvalue weighted by Gasteiger charge is -2.43. The number of hydrogen-bond donors (Lipinski definition) is 1. The molecule has 1 atom stereocenters. The SMILES string of the molecule is CCOC(CC(N)(Cc1ccccc1)CC1CC1)(c1ccccc1)c1ccccc1.Cl. The first-order valence-electron chi connectivity index (χ1n) is 11.2. The van der Waals surface area contributed by atoms with Crippen LogP contribution >= 0.6 is 12.4 Å². The molecule has 2 nitrogen and oxygen atoms in total. The third kappa shape index (κ3) is 5.77. The van der Waals surface area contributed by atoms with Gasteiger partial charge in [-0.1, -0.05) is 104 Å². The zero-order chi connectivity index (χ0) is 20.9. The van der Waals surface area contributed by atoms with Crippen LogP contribution in [0.25, 0.3) is 0 Å². The fraction of sp³-hybridized carbons (Fsp3) is 0.357. The Morgan fingerprint density at radius 3 is 1.74 bits per heavy atom. The van der Waals surface area contributed by atoms with Crippen molar-refractivity contribution < 1.29 is 4.74 Å². The van der Waals surface area contributed by atoms with Gasteiger partial charge in [-0.25, -0.2) is 0 Å². The van der Waals surface area contributed by atoms with E-state index < -0.39 is 5.60 Å². The molecule has 1 saturated carbocycles. The Balaban J connectivity index is 0.00000272.